The maximum absolute atomic E-state index is 12.9. The molecule has 0 saturated carbocycles. The maximum Gasteiger partial charge on any atom is 0.314 e. The lowest BCUT2D eigenvalue weighted by molar-refractivity contribution is -0.153. The molecule has 1 aromatic carbocycles. The second-order valence-electron chi connectivity index (χ2n) is 4.70. The first-order valence-corrected chi connectivity index (χ1v) is 5.28. The highest BCUT2D eigenvalue weighted by Crippen LogP contribution is 2.11. The summed E-state index contributed by atoms with van der Waals surface area (Å²) in [6.45, 7) is 5.16. The van der Waals surface area contributed by atoms with Gasteiger partial charge in [0.25, 0.3) is 0 Å². The Morgan fingerprint density at radius 3 is 2.47 bits per heavy atom. The Balaban J connectivity index is 2.64. The van der Waals surface area contributed by atoms with Crippen LogP contribution in [0.1, 0.15) is 37.6 Å². The summed E-state index contributed by atoms with van der Waals surface area (Å²) in [5.74, 6) is -1.55. The molecular formula is C13H15FO3. The van der Waals surface area contributed by atoms with Crippen LogP contribution in [-0.2, 0) is 9.53 Å². The monoisotopic (exact) mass is 238 g/mol. The molecule has 0 heterocycles. The van der Waals surface area contributed by atoms with Crippen LogP contribution in [-0.4, -0.2) is 17.4 Å². The van der Waals surface area contributed by atoms with Gasteiger partial charge in [0, 0.05) is 5.56 Å². The minimum atomic E-state index is -0.626. The molecule has 0 aliphatic heterocycles. The van der Waals surface area contributed by atoms with Crippen molar-refractivity contribution < 1.29 is 18.7 Å². The van der Waals surface area contributed by atoms with Crippen LogP contribution in [0.25, 0.3) is 0 Å². The molecular weight excluding hydrogens is 223 g/mol. The summed E-state index contributed by atoms with van der Waals surface area (Å²) in [4.78, 5) is 23.0. The van der Waals surface area contributed by atoms with Crippen LogP contribution in [0.4, 0.5) is 4.39 Å². The van der Waals surface area contributed by atoms with Gasteiger partial charge in [-0.15, -0.1) is 0 Å². The average Bonchev–Trinajstić information content (AvgIpc) is 2.14. The standard InChI is InChI=1S/C13H15FO3/c1-13(2,3)17-12(16)8-11(15)9-5-4-6-10(14)7-9/h4-7H,8H2,1-3H3. The third kappa shape index (κ3) is 4.76. The van der Waals surface area contributed by atoms with E-state index in [2.05, 4.69) is 0 Å². The Labute approximate surface area is 99.6 Å². The number of rotatable bonds is 3. The van der Waals surface area contributed by atoms with Gasteiger partial charge < -0.3 is 4.74 Å². The minimum Gasteiger partial charge on any atom is -0.460 e. The highest BCUT2D eigenvalue weighted by molar-refractivity contribution is 6.05. The van der Waals surface area contributed by atoms with Crippen molar-refractivity contribution >= 4 is 11.8 Å². The van der Waals surface area contributed by atoms with E-state index < -0.39 is 23.2 Å². The topological polar surface area (TPSA) is 43.4 Å². The Hall–Kier alpha value is -1.71. The van der Waals surface area contributed by atoms with E-state index in [1.165, 1.54) is 18.2 Å². The van der Waals surface area contributed by atoms with Gasteiger partial charge in [-0.25, -0.2) is 4.39 Å². The van der Waals surface area contributed by atoms with Crippen LogP contribution in [0, 0.1) is 5.82 Å². The molecule has 0 N–H and O–H groups in total. The maximum atomic E-state index is 12.9. The molecule has 17 heavy (non-hydrogen) atoms. The van der Waals surface area contributed by atoms with E-state index in [1.807, 2.05) is 0 Å². The lowest BCUT2D eigenvalue weighted by Crippen LogP contribution is -2.25. The Bertz CT molecular complexity index is 433. The third-order valence-electron chi connectivity index (χ3n) is 1.87. The van der Waals surface area contributed by atoms with Crippen LogP contribution >= 0.6 is 0 Å². The SMILES string of the molecule is CC(C)(C)OC(=O)CC(=O)c1cccc(F)c1. The zero-order chi connectivity index (χ0) is 13.1. The first kappa shape index (κ1) is 13.4. The second-order valence-corrected chi connectivity index (χ2v) is 4.70. The Morgan fingerprint density at radius 1 is 1.29 bits per heavy atom. The number of hydrogen-bond donors (Lipinski definition) is 0. The summed E-state index contributed by atoms with van der Waals surface area (Å²) in [6, 6.07) is 5.24. The molecule has 0 aromatic heterocycles. The number of hydrogen-bond acceptors (Lipinski definition) is 3. The summed E-state index contributed by atoms with van der Waals surface area (Å²) in [5, 5.41) is 0. The van der Waals surface area contributed by atoms with Crippen LogP contribution in [0.3, 0.4) is 0 Å². The molecule has 0 atom stereocenters. The zero-order valence-electron chi connectivity index (χ0n) is 10.1. The molecule has 92 valence electrons. The van der Waals surface area contributed by atoms with E-state index in [4.69, 9.17) is 4.74 Å². The molecule has 0 radical (unpaired) electrons. The molecule has 0 amide bonds. The molecule has 0 spiro atoms. The largest absolute Gasteiger partial charge is 0.460 e. The lowest BCUT2D eigenvalue weighted by Gasteiger charge is -2.19. The first-order chi connectivity index (χ1) is 7.78. The first-order valence-electron chi connectivity index (χ1n) is 5.28. The van der Waals surface area contributed by atoms with Crippen molar-refractivity contribution in [3.8, 4) is 0 Å². The number of ketones is 1. The fraction of sp³-hybridized carbons (Fsp3) is 0.385. The van der Waals surface area contributed by atoms with Crippen LogP contribution in [0.15, 0.2) is 24.3 Å². The zero-order valence-corrected chi connectivity index (χ0v) is 10.1. The van der Waals surface area contributed by atoms with E-state index >= 15 is 0 Å². The minimum absolute atomic E-state index is 0.177. The number of carbonyl (C=O) groups is 2. The van der Waals surface area contributed by atoms with Crippen molar-refractivity contribution in [1.82, 2.24) is 0 Å². The van der Waals surface area contributed by atoms with Crippen LogP contribution in [0.2, 0.25) is 0 Å². The molecule has 0 unspecified atom stereocenters. The van der Waals surface area contributed by atoms with E-state index in [9.17, 15) is 14.0 Å². The van der Waals surface area contributed by atoms with Gasteiger partial charge in [0.05, 0.1) is 0 Å². The van der Waals surface area contributed by atoms with Gasteiger partial charge in [0.2, 0.25) is 0 Å². The molecule has 0 bridgehead atoms. The van der Waals surface area contributed by atoms with Gasteiger partial charge in [-0.05, 0) is 32.9 Å². The highest BCUT2D eigenvalue weighted by atomic mass is 19.1. The van der Waals surface area contributed by atoms with Crippen LogP contribution in [0.5, 0.6) is 0 Å². The summed E-state index contributed by atoms with van der Waals surface area (Å²) < 4.78 is 17.9. The van der Waals surface area contributed by atoms with Crippen molar-refractivity contribution in [2.24, 2.45) is 0 Å². The van der Waals surface area contributed by atoms with E-state index in [-0.39, 0.29) is 12.0 Å². The van der Waals surface area contributed by atoms with Crippen LogP contribution < -0.4 is 0 Å². The van der Waals surface area contributed by atoms with Gasteiger partial charge in [-0.1, -0.05) is 12.1 Å². The molecule has 0 aliphatic rings. The van der Waals surface area contributed by atoms with Crippen molar-refractivity contribution in [2.75, 3.05) is 0 Å². The molecule has 0 aliphatic carbocycles. The van der Waals surface area contributed by atoms with E-state index in [1.54, 1.807) is 20.8 Å². The Morgan fingerprint density at radius 2 is 1.94 bits per heavy atom. The number of halogens is 1. The predicted octanol–water partition coefficient (Wildman–Crippen LogP) is 2.74. The normalized spacial score (nSPS) is 11.1. The molecule has 1 rings (SSSR count). The molecule has 1 aromatic rings. The number of Topliss-reactive ketones (excluding diaryl/α,β-unsaturated/α-hetero) is 1. The molecule has 3 nitrogen and oxygen atoms in total. The van der Waals surface area contributed by atoms with Crippen molar-refractivity contribution in [2.45, 2.75) is 32.8 Å². The van der Waals surface area contributed by atoms with Crippen molar-refractivity contribution in [3.63, 3.8) is 0 Å². The highest BCUT2D eigenvalue weighted by Gasteiger charge is 2.19. The van der Waals surface area contributed by atoms with Gasteiger partial charge >= 0.3 is 5.97 Å². The van der Waals surface area contributed by atoms with Gasteiger partial charge in [-0.3, -0.25) is 9.59 Å². The second kappa shape index (κ2) is 5.08. The number of benzene rings is 1. The van der Waals surface area contributed by atoms with Gasteiger partial charge in [0.15, 0.2) is 5.78 Å². The van der Waals surface area contributed by atoms with Gasteiger partial charge in [0.1, 0.15) is 17.8 Å². The number of carbonyl (C=O) groups excluding carboxylic acids is 2. The summed E-state index contributed by atoms with van der Waals surface area (Å²) in [7, 11) is 0. The average molecular weight is 238 g/mol. The fourth-order valence-corrected chi connectivity index (χ4v) is 1.27. The summed E-state index contributed by atoms with van der Waals surface area (Å²) >= 11 is 0. The molecule has 0 fully saturated rings. The van der Waals surface area contributed by atoms with E-state index in [0.29, 0.717) is 0 Å². The number of ether oxygens (including phenoxy) is 1. The third-order valence-corrected chi connectivity index (χ3v) is 1.87. The molecule has 0 saturated heterocycles. The number of esters is 1. The Kier molecular flexibility index (Phi) is 3.99. The lowest BCUT2D eigenvalue weighted by atomic mass is 10.1. The molecule has 4 heteroatoms. The quantitative estimate of drug-likeness (QED) is 0.462. The predicted molar refractivity (Wildman–Crippen MR) is 61.2 cm³/mol. The fourth-order valence-electron chi connectivity index (χ4n) is 1.27. The van der Waals surface area contributed by atoms with E-state index in [0.717, 1.165) is 6.07 Å². The van der Waals surface area contributed by atoms with Gasteiger partial charge in [-0.2, -0.15) is 0 Å². The summed E-state index contributed by atoms with van der Waals surface area (Å²) in [6.07, 6.45) is -0.374. The summed E-state index contributed by atoms with van der Waals surface area (Å²) in [5.41, 5.74) is -0.449. The van der Waals surface area contributed by atoms with Crippen molar-refractivity contribution in [1.29, 1.82) is 0 Å². The van der Waals surface area contributed by atoms with Crippen molar-refractivity contribution in [3.05, 3.63) is 35.6 Å². The smallest absolute Gasteiger partial charge is 0.314 e.